The molecule has 4 rings (SSSR count). The van der Waals surface area contributed by atoms with Crippen LogP contribution in [-0.4, -0.2) is 47.3 Å². The van der Waals surface area contributed by atoms with Crippen LogP contribution in [0.25, 0.3) is 0 Å². The molecule has 0 atom stereocenters. The molecular weight excluding hydrogens is 296 g/mol. The van der Waals surface area contributed by atoms with E-state index in [1.54, 1.807) is 0 Å². The van der Waals surface area contributed by atoms with Crippen molar-refractivity contribution in [3.8, 4) is 0 Å². The summed E-state index contributed by atoms with van der Waals surface area (Å²) >= 11 is 0. The lowest BCUT2D eigenvalue weighted by Crippen LogP contribution is -2.47. The SMILES string of the molecule is Cc1cccc(N2CCC(N3CCC(c4ccn[nH]4)CC3)CC2)c1. The molecule has 3 heterocycles. The van der Waals surface area contributed by atoms with Gasteiger partial charge >= 0.3 is 0 Å². The third-order valence-corrected chi connectivity index (χ3v) is 5.84. The van der Waals surface area contributed by atoms with Crippen LogP contribution in [0.3, 0.4) is 0 Å². The molecule has 128 valence electrons. The number of nitrogens with one attached hydrogen (secondary N) is 1. The van der Waals surface area contributed by atoms with E-state index >= 15 is 0 Å². The summed E-state index contributed by atoms with van der Waals surface area (Å²) in [5.41, 5.74) is 4.07. The quantitative estimate of drug-likeness (QED) is 0.937. The van der Waals surface area contributed by atoms with Gasteiger partial charge in [0.1, 0.15) is 0 Å². The highest BCUT2D eigenvalue weighted by Crippen LogP contribution is 2.30. The van der Waals surface area contributed by atoms with Crippen LogP contribution < -0.4 is 4.90 Å². The molecule has 2 aromatic rings. The number of aromatic amines is 1. The average Bonchev–Trinajstić information content (AvgIpc) is 3.17. The van der Waals surface area contributed by atoms with Crippen LogP contribution in [0.1, 0.15) is 42.9 Å². The molecule has 0 saturated carbocycles. The van der Waals surface area contributed by atoms with Crippen molar-refractivity contribution in [1.82, 2.24) is 15.1 Å². The summed E-state index contributed by atoms with van der Waals surface area (Å²) in [5.74, 6) is 0.677. The highest BCUT2D eigenvalue weighted by atomic mass is 15.2. The Morgan fingerprint density at radius 1 is 1.00 bits per heavy atom. The summed E-state index contributed by atoms with van der Waals surface area (Å²) in [5, 5.41) is 7.26. The van der Waals surface area contributed by atoms with Gasteiger partial charge in [-0.25, -0.2) is 0 Å². The van der Waals surface area contributed by atoms with Gasteiger partial charge in [0.05, 0.1) is 0 Å². The standard InChI is InChI=1S/C20H28N4/c1-16-3-2-4-19(15-16)24-13-8-18(9-14-24)23-11-6-17(7-12-23)20-5-10-21-22-20/h2-5,10,15,17-18H,6-9,11-14H2,1H3,(H,21,22). The van der Waals surface area contributed by atoms with Crippen molar-refractivity contribution in [2.45, 2.75) is 44.6 Å². The molecule has 1 aromatic heterocycles. The minimum atomic E-state index is 0.677. The fourth-order valence-corrected chi connectivity index (χ4v) is 4.38. The largest absolute Gasteiger partial charge is 0.371 e. The zero-order chi connectivity index (χ0) is 16.4. The molecule has 2 aliphatic rings. The van der Waals surface area contributed by atoms with Crippen molar-refractivity contribution in [1.29, 1.82) is 0 Å². The number of aromatic nitrogens is 2. The van der Waals surface area contributed by atoms with E-state index in [4.69, 9.17) is 0 Å². The van der Waals surface area contributed by atoms with Crippen molar-refractivity contribution in [3.63, 3.8) is 0 Å². The van der Waals surface area contributed by atoms with Crippen LogP contribution in [0.4, 0.5) is 5.69 Å². The Labute approximate surface area is 144 Å². The van der Waals surface area contributed by atoms with Crippen molar-refractivity contribution >= 4 is 5.69 Å². The monoisotopic (exact) mass is 324 g/mol. The second-order valence-electron chi connectivity index (χ2n) is 7.38. The van der Waals surface area contributed by atoms with E-state index in [9.17, 15) is 0 Å². The number of H-pyrrole nitrogens is 1. The first-order chi connectivity index (χ1) is 11.8. The molecular formula is C20H28N4. The lowest BCUT2D eigenvalue weighted by molar-refractivity contribution is 0.131. The fourth-order valence-electron chi connectivity index (χ4n) is 4.38. The Bertz CT molecular complexity index is 635. The number of hydrogen-bond acceptors (Lipinski definition) is 3. The minimum absolute atomic E-state index is 0.677. The Kier molecular flexibility index (Phi) is 4.56. The van der Waals surface area contributed by atoms with Gasteiger partial charge in [0.2, 0.25) is 0 Å². The van der Waals surface area contributed by atoms with Crippen LogP contribution in [-0.2, 0) is 0 Å². The molecule has 4 heteroatoms. The summed E-state index contributed by atoms with van der Waals surface area (Å²) in [4.78, 5) is 5.29. The number of benzene rings is 1. The molecule has 0 unspecified atom stereocenters. The van der Waals surface area contributed by atoms with Crippen molar-refractivity contribution < 1.29 is 0 Å². The van der Waals surface area contributed by atoms with Crippen molar-refractivity contribution in [3.05, 3.63) is 47.8 Å². The summed E-state index contributed by atoms with van der Waals surface area (Å²) in [6, 6.07) is 11.8. The van der Waals surface area contributed by atoms with Gasteiger partial charge in [-0.05, 0) is 69.5 Å². The van der Waals surface area contributed by atoms with Crippen molar-refractivity contribution in [2.75, 3.05) is 31.1 Å². The highest BCUT2D eigenvalue weighted by Gasteiger charge is 2.29. The van der Waals surface area contributed by atoms with Crippen LogP contribution in [0.2, 0.25) is 0 Å². The van der Waals surface area contributed by atoms with E-state index in [1.807, 2.05) is 6.20 Å². The number of hydrogen-bond donors (Lipinski definition) is 1. The maximum Gasteiger partial charge on any atom is 0.0490 e. The molecule has 2 aliphatic heterocycles. The maximum atomic E-state index is 4.11. The molecule has 0 amide bonds. The Morgan fingerprint density at radius 3 is 2.46 bits per heavy atom. The predicted molar refractivity (Wildman–Crippen MR) is 98.5 cm³/mol. The molecule has 4 nitrogen and oxygen atoms in total. The highest BCUT2D eigenvalue weighted by molar-refractivity contribution is 5.48. The number of piperidine rings is 2. The zero-order valence-electron chi connectivity index (χ0n) is 14.6. The maximum absolute atomic E-state index is 4.11. The van der Waals surface area contributed by atoms with Gasteiger partial charge < -0.3 is 9.80 Å². The normalized spacial score (nSPS) is 21.3. The molecule has 1 N–H and O–H groups in total. The van der Waals surface area contributed by atoms with Gasteiger partial charge in [0.25, 0.3) is 0 Å². The zero-order valence-corrected chi connectivity index (χ0v) is 14.6. The van der Waals surface area contributed by atoms with E-state index in [-0.39, 0.29) is 0 Å². The van der Waals surface area contributed by atoms with E-state index < -0.39 is 0 Å². The smallest absolute Gasteiger partial charge is 0.0490 e. The molecule has 0 spiro atoms. The molecule has 24 heavy (non-hydrogen) atoms. The average molecular weight is 324 g/mol. The lowest BCUT2D eigenvalue weighted by Gasteiger charge is -2.42. The van der Waals surface area contributed by atoms with Gasteiger partial charge in [-0.2, -0.15) is 5.10 Å². The Hall–Kier alpha value is -1.81. The summed E-state index contributed by atoms with van der Waals surface area (Å²) in [6.45, 7) is 7.03. The number of aryl methyl sites for hydroxylation is 1. The molecule has 2 saturated heterocycles. The molecule has 0 aliphatic carbocycles. The minimum Gasteiger partial charge on any atom is -0.371 e. The lowest BCUT2D eigenvalue weighted by atomic mass is 9.91. The second-order valence-corrected chi connectivity index (χ2v) is 7.38. The van der Waals surface area contributed by atoms with Crippen LogP contribution in [0, 0.1) is 6.92 Å². The Morgan fingerprint density at radius 2 is 1.79 bits per heavy atom. The van der Waals surface area contributed by atoms with Crippen LogP contribution in [0.5, 0.6) is 0 Å². The summed E-state index contributed by atoms with van der Waals surface area (Å²) in [7, 11) is 0. The Balaban J connectivity index is 1.29. The van der Waals surface area contributed by atoms with E-state index in [1.165, 1.54) is 68.8 Å². The first kappa shape index (κ1) is 15.7. The molecule has 1 aromatic carbocycles. The predicted octanol–water partition coefficient (Wildman–Crippen LogP) is 3.57. The van der Waals surface area contributed by atoms with Crippen molar-refractivity contribution in [2.24, 2.45) is 0 Å². The summed E-state index contributed by atoms with van der Waals surface area (Å²) in [6.07, 6.45) is 6.99. The van der Waals surface area contributed by atoms with Gasteiger partial charge in [0, 0.05) is 42.6 Å². The number of anilines is 1. The van der Waals surface area contributed by atoms with Gasteiger partial charge in [-0.15, -0.1) is 0 Å². The summed E-state index contributed by atoms with van der Waals surface area (Å²) < 4.78 is 0. The van der Waals surface area contributed by atoms with Crippen LogP contribution in [0.15, 0.2) is 36.5 Å². The third-order valence-electron chi connectivity index (χ3n) is 5.84. The van der Waals surface area contributed by atoms with E-state index in [0.29, 0.717) is 5.92 Å². The van der Waals surface area contributed by atoms with Crippen LogP contribution >= 0.6 is 0 Å². The van der Waals surface area contributed by atoms with Gasteiger partial charge in [-0.3, -0.25) is 5.10 Å². The second kappa shape index (κ2) is 6.98. The van der Waals surface area contributed by atoms with Gasteiger partial charge in [0.15, 0.2) is 0 Å². The number of rotatable bonds is 3. The first-order valence-electron chi connectivity index (χ1n) is 9.34. The number of nitrogens with zero attached hydrogens (tertiary/aromatic N) is 3. The number of likely N-dealkylation sites (tertiary alicyclic amines) is 1. The third kappa shape index (κ3) is 3.34. The first-order valence-corrected chi connectivity index (χ1v) is 9.34. The molecule has 0 radical (unpaired) electrons. The van der Waals surface area contributed by atoms with E-state index in [2.05, 4.69) is 57.3 Å². The molecule has 2 fully saturated rings. The fraction of sp³-hybridized carbons (Fsp3) is 0.550. The molecule has 0 bridgehead atoms. The van der Waals surface area contributed by atoms with E-state index in [0.717, 1.165) is 6.04 Å². The topological polar surface area (TPSA) is 35.2 Å². The van der Waals surface area contributed by atoms with Gasteiger partial charge in [-0.1, -0.05) is 12.1 Å².